The van der Waals surface area contributed by atoms with Gasteiger partial charge in [-0.25, -0.2) is 9.59 Å². The molecule has 0 spiro atoms. The van der Waals surface area contributed by atoms with E-state index in [1.165, 1.54) is 6.20 Å². The summed E-state index contributed by atoms with van der Waals surface area (Å²) in [6.45, 7) is 5.35. The first-order valence-corrected chi connectivity index (χ1v) is 7.40. The average Bonchev–Trinajstić information content (AvgIpc) is 2.55. The summed E-state index contributed by atoms with van der Waals surface area (Å²) in [5, 5.41) is 0. The van der Waals surface area contributed by atoms with Crippen molar-refractivity contribution >= 4 is 17.6 Å². The van der Waals surface area contributed by atoms with Gasteiger partial charge in [0.15, 0.2) is 0 Å². The van der Waals surface area contributed by atoms with Crippen LogP contribution >= 0.6 is 0 Å². The maximum absolute atomic E-state index is 11.8. The molecule has 1 amide bonds. The van der Waals surface area contributed by atoms with Crippen LogP contribution in [-0.2, 0) is 9.47 Å². The number of hydrogen-bond donors (Lipinski definition) is 0. The van der Waals surface area contributed by atoms with E-state index in [0.29, 0.717) is 31.9 Å². The van der Waals surface area contributed by atoms with Gasteiger partial charge in [-0.15, -0.1) is 0 Å². The SMILES string of the molecule is CCOC(=O)c1ccc(C2=CCCN(C(=O)OCC)C2)nc1. The Labute approximate surface area is 129 Å². The summed E-state index contributed by atoms with van der Waals surface area (Å²) in [4.78, 5) is 29.3. The molecule has 1 aromatic rings. The normalized spacial score (nSPS) is 14.3. The molecule has 1 aliphatic rings. The largest absolute Gasteiger partial charge is 0.462 e. The second-order valence-corrected chi connectivity index (χ2v) is 4.79. The van der Waals surface area contributed by atoms with Gasteiger partial charge in [-0.1, -0.05) is 6.08 Å². The van der Waals surface area contributed by atoms with Gasteiger partial charge < -0.3 is 14.4 Å². The highest BCUT2D eigenvalue weighted by molar-refractivity contribution is 5.89. The molecule has 0 aromatic carbocycles. The number of amides is 1. The maximum atomic E-state index is 11.8. The van der Waals surface area contributed by atoms with Crippen molar-refractivity contribution in [3.63, 3.8) is 0 Å². The van der Waals surface area contributed by atoms with Gasteiger partial charge in [0.1, 0.15) is 0 Å². The average molecular weight is 304 g/mol. The van der Waals surface area contributed by atoms with Gasteiger partial charge in [-0.3, -0.25) is 4.98 Å². The van der Waals surface area contributed by atoms with Crippen LogP contribution in [0, 0.1) is 0 Å². The molecule has 0 bridgehead atoms. The van der Waals surface area contributed by atoms with Crippen LogP contribution in [0.2, 0.25) is 0 Å². The molecule has 0 saturated heterocycles. The molecule has 118 valence electrons. The number of aromatic nitrogens is 1. The predicted molar refractivity (Wildman–Crippen MR) is 81.4 cm³/mol. The van der Waals surface area contributed by atoms with E-state index in [1.54, 1.807) is 30.9 Å². The minimum absolute atomic E-state index is 0.309. The molecule has 0 radical (unpaired) electrons. The summed E-state index contributed by atoms with van der Waals surface area (Å²) >= 11 is 0. The van der Waals surface area contributed by atoms with E-state index >= 15 is 0 Å². The lowest BCUT2D eigenvalue weighted by Gasteiger charge is -2.26. The van der Waals surface area contributed by atoms with Crippen LogP contribution in [-0.4, -0.2) is 48.2 Å². The van der Waals surface area contributed by atoms with Crippen LogP contribution in [0.1, 0.15) is 36.3 Å². The van der Waals surface area contributed by atoms with Crippen LogP contribution in [0.3, 0.4) is 0 Å². The molecule has 22 heavy (non-hydrogen) atoms. The number of carbonyl (C=O) groups is 2. The molecule has 2 rings (SSSR count). The highest BCUT2D eigenvalue weighted by Crippen LogP contribution is 2.20. The van der Waals surface area contributed by atoms with Gasteiger partial charge in [0.05, 0.1) is 31.0 Å². The van der Waals surface area contributed by atoms with Gasteiger partial charge in [-0.05, 0) is 38.0 Å². The maximum Gasteiger partial charge on any atom is 0.410 e. The molecular weight excluding hydrogens is 284 g/mol. The van der Waals surface area contributed by atoms with Crippen LogP contribution in [0.5, 0.6) is 0 Å². The summed E-state index contributed by atoms with van der Waals surface area (Å²) in [6, 6.07) is 3.46. The van der Waals surface area contributed by atoms with Crippen molar-refractivity contribution in [3.05, 3.63) is 35.7 Å². The monoisotopic (exact) mass is 304 g/mol. The summed E-state index contributed by atoms with van der Waals surface area (Å²) in [5.74, 6) is -0.382. The van der Waals surface area contributed by atoms with Crippen LogP contribution in [0.4, 0.5) is 4.79 Å². The molecule has 0 aliphatic carbocycles. The Morgan fingerprint density at radius 2 is 2.00 bits per heavy atom. The van der Waals surface area contributed by atoms with E-state index in [9.17, 15) is 9.59 Å². The fraction of sp³-hybridized carbons (Fsp3) is 0.438. The molecule has 2 heterocycles. The first-order valence-electron chi connectivity index (χ1n) is 7.40. The Bertz CT molecular complexity index is 566. The molecule has 0 saturated carbocycles. The highest BCUT2D eigenvalue weighted by atomic mass is 16.6. The molecule has 0 N–H and O–H groups in total. The Hall–Kier alpha value is -2.37. The topological polar surface area (TPSA) is 68.7 Å². The van der Waals surface area contributed by atoms with Crippen molar-refractivity contribution in [1.82, 2.24) is 9.88 Å². The molecule has 6 heteroatoms. The zero-order chi connectivity index (χ0) is 15.9. The van der Waals surface area contributed by atoms with E-state index in [2.05, 4.69) is 11.1 Å². The molecular formula is C16H20N2O4. The molecule has 0 fully saturated rings. The van der Waals surface area contributed by atoms with E-state index in [4.69, 9.17) is 9.47 Å². The van der Waals surface area contributed by atoms with Crippen molar-refractivity contribution in [2.75, 3.05) is 26.3 Å². The third kappa shape index (κ3) is 3.84. The minimum atomic E-state index is -0.382. The van der Waals surface area contributed by atoms with Gasteiger partial charge in [-0.2, -0.15) is 0 Å². The first kappa shape index (κ1) is 16.0. The third-order valence-electron chi connectivity index (χ3n) is 3.28. The van der Waals surface area contributed by atoms with Crippen molar-refractivity contribution in [3.8, 4) is 0 Å². The molecule has 1 aliphatic heterocycles. The fourth-order valence-electron chi connectivity index (χ4n) is 2.22. The van der Waals surface area contributed by atoms with Crippen LogP contribution in [0.25, 0.3) is 5.57 Å². The van der Waals surface area contributed by atoms with Crippen molar-refractivity contribution in [2.24, 2.45) is 0 Å². The lowest BCUT2D eigenvalue weighted by atomic mass is 10.1. The zero-order valence-electron chi connectivity index (χ0n) is 12.9. The number of nitrogens with zero attached hydrogens (tertiary/aromatic N) is 2. The van der Waals surface area contributed by atoms with Gasteiger partial charge in [0.2, 0.25) is 0 Å². The summed E-state index contributed by atoms with van der Waals surface area (Å²) in [6.07, 6.45) is 4.01. The smallest absolute Gasteiger partial charge is 0.410 e. The van der Waals surface area contributed by atoms with Crippen molar-refractivity contribution in [2.45, 2.75) is 20.3 Å². The molecule has 6 nitrogen and oxygen atoms in total. The second-order valence-electron chi connectivity index (χ2n) is 4.79. The van der Waals surface area contributed by atoms with E-state index in [1.807, 2.05) is 0 Å². The Morgan fingerprint density at radius 1 is 1.23 bits per heavy atom. The van der Waals surface area contributed by atoms with Crippen LogP contribution < -0.4 is 0 Å². The van der Waals surface area contributed by atoms with Gasteiger partial charge >= 0.3 is 12.1 Å². The van der Waals surface area contributed by atoms with Crippen molar-refractivity contribution in [1.29, 1.82) is 0 Å². The van der Waals surface area contributed by atoms with Gasteiger partial charge in [0.25, 0.3) is 0 Å². The third-order valence-corrected chi connectivity index (χ3v) is 3.28. The van der Waals surface area contributed by atoms with E-state index < -0.39 is 0 Å². The Kier molecular flexibility index (Phi) is 5.52. The zero-order valence-corrected chi connectivity index (χ0v) is 12.9. The number of esters is 1. The number of carbonyl (C=O) groups excluding carboxylic acids is 2. The Balaban J connectivity index is 2.06. The van der Waals surface area contributed by atoms with E-state index in [0.717, 1.165) is 17.7 Å². The quantitative estimate of drug-likeness (QED) is 0.799. The fourth-order valence-corrected chi connectivity index (χ4v) is 2.22. The number of rotatable bonds is 4. The highest BCUT2D eigenvalue weighted by Gasteiger charge is 2.20. The number of hydrogen-bond acceptors (Lipinski definition) is 5. The van der Waals surface area contributed by atoms with Crippen LogP contribution in [0.15, 0.2) is 24.4 Å². The summed E-state index contributed by atoms with van der Waals surface area (Å²) in [5.41, 5.74) is 2.13. The lowest BCUT2D eigenvalue weighted by molar-refractivity contribution is 0.0526. The van der Waals surface area contributed by atoms with Crippen molar-refractivity contribution < 1.29 is 19.1 Å². The van der Waals surface area contributed by atoms with E-state index in [-0.39, 0.29) is 12.1 Å². The second kappa shape index (κ2) is 7.59. The lowest BCUT2D eigenvalue weighted by Crippen LogP contribution is -2.36. The predicted octanol–water partition coefficient (Wildman–Crippen LogP) is 2.50. The first-order chi connectivity index (χ1) is 10.7. The standard InChI is InChI=1S/C16H20N2O4/c1-3-21-15(19)12-7-8-14(17-10-12)13-6-5-9-18(11-13)16(20)22-4-2/h6-8,10H,3-5,9,11H2,1-2H3. The molecule has 1 aromatic heterocycles. The summed E-state index contributed by atoms with van der Waals surface area (Å²) in [7, 11) is 0. The number of ether oxygens (including phenoxy) is 2. The molecule has 0 unspecified atom stereocenters. The van der Waals surface area contributed by atoms with Gasteiger partial charge in [0, 0.05) is 12.7 Å². The number of pyridine rings is 1. The Morgan fingerprint density at radius 3 is 2.64 bits per heavy atom. The molecule has 0 atom stereocenters. The summed E-state index contributed by atoms with van der Waals surface area (Å²) < 4.78 is 9.95. The minimum Gasteiger partial charge on any atom is -0.462 e.